The Morgan fingerprint density at radius 1 is 1.24 bits per heavy atom. The lowest BCUT2D eigenvalue weighted by Gasteiger charge is -2.12. The van der Waals surface area contributed by atoms with Crippen LogP contribution in [0.15, 0.2) is 40.8 Å². The van der Waals surface area contributed by atoms with E-state index in [9.17, 15) is 0 Å². The van der Waals surface area contributed by atoms with Crippen LogP contribution in [0.1, 0.15) is 36.1 Å². The molecule has 2 heterocycles. The van der Waals surface area contributed by atoms with Crippen LogP contribution < -0.4 is 5.32 Å². The maximum absolute atomic E-state index is 6.01. The lowest BCUT2D eigenvalue weighted by molar-refractivity contribution is 0.532. The molecule has 1 N–H and O–H groups in total. The summed E-state index contributed by atoms with van der Waals surface area (Å²) in [6.07, 6.45) is 0.908. The molecule has 1 unspecified atom stereocenters. The highest BCUT2D eigenvalue weighted by Gasteiger charge is 2.14. The Balaban J connectivity index is 1.81. The molecule has 4 heteroatoms. The van der Waals surface area contributed by atoms with Crippen molar-refractivity contribution in [2.45, 2.75) is 32.9 Å². The first kappa shape index (κ1) is 14.6. The summed E-state index contributed by atoms with van der Waals surface area (Å²) in [7, 11) is 0. The minimum atomic E-state index is 0.279. The molecule has 0 saturated heterocycles. The van der Waals surface area contributed by atoms with E-state index in [-0.39, 0.29) is 6.04 Å². The number of furan rings is 1. The number of rotatable bonds is 5. The topological polar surface area (TPSA) is 25.2 Å². The fourth-order valence-corrected chi connectivity index (χ4v) is 3.63. The summed E-state index contributed by atoms with van der Waals surface area (Å²) < 4.78 is 6.77. The fraction of sp³-hybridized carbons (Fsp3) is 0.294. The molecule has 0 fully saturated rings. The second kappa shape index (κ2) is 6.22. The van der Waals surface area contributed by atoms with Gasteiger partial charge < -0.3 is 9.73 Å². The van der Waals surface area contributed by atoms with Gasteiger partial charge in [0.15, 0.2) is 0 Å². The Morgan fingerprint density at radius 2 is 2.05 bits per heavy atom. The standard InChI is InChI=1S/C17H18ClNOS/c1-3-14-13(12-6-4-5-7-15(12)20-14)10-19-11(2)16-8-9-17(18)21-16/h4-9,11,19H,3,10H2,1-2H3. The minimum Gasteiger partial charge on any atom is -0.461 e. The van der Waals surface area contributed by atoms with Gasteiger partial charge in [-0.25, -0.2) is 0 Å². The van der Waals surface area contributed by atoms with Crippen LogP contribution in [-0.4, -0.2) is 0 Å². The normalized spacial score (nSPS) is 12.9. The van der Waals surface area contributed by atoms with Gasteiger partial charge in [-0.3, -0.25) is 0 Å². The monoisotopic (exact) mass is 319 g/mol. The number of thiophene rings is 1. The van der Waals surface area contributed by atoms with E-state index in [4.69, 9.17) is 16.0 Å². The van der Waals surface area contributed by atoms with Gasteiger partial charge in [-0.1, -0.05) is 36.7 Å². The zero-order chi connectivity index (χ0) is 14.8. The van der Waals surface area contributed by atoms with Gasteiger partial charge in [0.1, 0.15) is 11.3 Å². The lowest BCUT2D eigenvalue weighted by Crippen LogP contribution is -2.17. The van der Waals surface area contributed by atoms with Crippen molar-refractivity contribution < 1.29 is 4.42 Å². The Bertz CT molecular complexity index is 746. The Hall–Kier alpha value is -1.29. The van der Waals surface area contributed by atoms with E-state index in [1.165, 1.54) is 15.8 Å². The molecular formula is C17H18ClNOS. The van der Waals surface area contributed by atoms with Gasteiger partial charge in [0.2, 0.25) is 0 Å². The number of aryl methyl sites for hydroxylation is 1. The number of fused-ring (bicyclic) bond motifs is 1. The summed E-state index contributed by atoms with van der Waals surface area (Å²) in [5, 5.41) is 4.78. The molecule has 3 aromatic rings. The first-order valence-electron chi connectivity index (χ1n) is 7.17. The molecule has 2 nitrogen and oxygen atoms in total. The van der Waals surface area contributed by atoms with Crippen molar-refractivity contribution in [3.63, 3.8) is 0 Å². The molecule has 3 rings (SSSR count). The SMILES string of the molecule is CCc1oc2ccccc2c1CNC(C)c1ccc(Cl)s1. The molecule has 21 heavy (non-hydrogen) atoms. The molecular weight excluding hydrogens is 302 g/mol. The van der Waals surface area contributed by atoms with E-state index in [1.807, 2.05) is 18.2 Å². The van der Waals surface area contributed by atoms with Crippen LogP contribution in [0.3, 0.4) is 0 Å². The molecule has 0 saturated carbocycles. The second-order valence-corrected chi connectivity index (χ2v) is 6.84. The molecule has 0 bridgehead atoms. The van der Waals surface area contributed by atoms with Gasteiger partial charge in [-0.15, -0.1) is 11.3 Å². The number of para-hydroxylation sites is 1. The first-order valence-corrected chi connectivity index (χ1v) is 8.36. The van der Waals surface area contributed by atoms with Gasteiger partial charge >= 0.3 is 0 Å². The summed E-state index contributed by atoms with van der Waals surface area (Å²) >= 11 is 7.63. The smallest absolute Gasteiger partial charge is 0.134 e. The van der Waals surface area contributed by atoms with Crippen molar-refractivity contribution in [3.8, 4) is 0 Å². The Labute approximate surface area is 133 Å². The molecule has 1 aromatic carbocycles. The molecule has 0 amide bonds. The molecule has 110 valence electrons. The highest BCUT2D eigenvalue weighted by molar-refractivity contribution is 7.16. The third kappa shape index (κ3) is 3.00. The highest BCUT2D eigenvalue weighted by Crippen LogP contribution is 2.29. The minimum absolute atomic E-state index is 0.279. The van der Waals surface area contributed by atoms with Crippen LogP contribution in [-0.2, 0) is 13.0 Å². The molecule has 0 aliphatic heterocycles. The highest BCUT2D eigenvalue weighted by atomic mass is 35.5. The third-order valence-corrected chi connectivity index (χ3v) is 5.12. The van der Waals surface area contributed by atoms with Crippen molar-refractivity contribution in [2.75, 3.05) is 0 Å². The Morgan fingerprint density at radius 3 is 2.76 bits per heavy atom. The molecule has 0 aliphatic rings. The molecule has 0 radical (unpaired) electrons. The summed E-state index contributed by atoms with van der Waals surface area (Å²) in [5.41, 5.74) is 2.24. The van der Waals surface area contributed by atoms with E-state index in [0.717, 1.165) is 28.6 Å². The molecule has 0 aliphatic carbocycles. The van der Waals surface area contributed by atoms with Crippen LogP contribution >= 0.6 is 22.9 Å². The van der Waals surface area contributed by atoms with Crippen molar-refractivity contribution in [1.82, 2.24) is 5.32 Å². The number of hydrogen-bond donors (Lipinski definition) is 1. The summed E-state index contributed by atoms with van der Waals surface area (Å²) in [6.45, 7) is 5.09. The van der Waals surface area contributed by atoms with Gasteiger partial charge in [0.25, 0.3) is 0 Å². The second-order valence-electron chi connectivity index (χ2n) is 5.10. The van der Waals surface area contributed by atoms with Crippen molar-refractivity contribution in [2.24, 2.45) is 0 Å². The zero-order valence-electron chi connectivity index (χ0n) is 12.2. The number of halogens is 1. The largest absolute Gasteiger partial charge is 0.461 e. The van der Waals surface area contributed by atoms with E-state index in [0.29, 0.717) is 0 Å². The van der Waals surface area contributed by atoms with E-state index in [1.54, 1.807) is 11.3 Å². The van der Waals surface area contributed by atoms with Gasteiger partial charge in [0.05, 0.1) is 4.34 Å². The molecule has 1 atom stereocenters. The average Bonchev–Trinajstić information content (AvgIpc) is 3.08. The van der Waals surface area contributed by atoms with E-state index < -0.39 is 0 Å². The van der Waals surface area contributed by atoms with Gasteiger partial charge in [0, 0.05) is 34.8 Å². The molecule has 2 aromatic heterocycles. The quantitative estimate of drug-likeness (QED) is 0.666. The van der Waals surface area contributed by atoms with Crippen molar-refractivity contribution >= 4 is 33.9 Å². The number of benzene rings is 1. The fourth-order valence-electron chi connectivity index (χ4n) is 2.55. The van der Waals surface area contributed by atoms with Crippen LogP contribution in [0.5, 0.6) is 0 Å². The number of hydrogen-bond acceptors (Lipinski definition) is 3. The predicted molar refractivity (Wildman–Crippen MR) is 90.2 cm³/mol. The Kier molecular flexibility index (Phi) is 4.34. The summed E-state index contributed by atoms with van der Waals surface area (Å²) in [5.74, 6) is 1.07. The van der Waals surface area contributed by atoms with Crippen LogP contribution in [0.25, 0.3) is 11.0 Å². The summed E-state index contributed by atoms with van der Waals surface area (Å²) in [4.78, 5) is 1.26. The van der Waals surface area contributed by atoms with E-state index in [2.05, 4.69) is 37.4 Å². The number of nitrogens with one attached hydrogen (secondary N) is 1. The first-order chi connectivity index (χ1) is 10.2. The summed E-state index contributed by atoms with van der Waals surface area (Å²) in [6, 6.07) is 12.5. The average molecular weight is 320 g/mol. The van der Waals surface area contributed by atoms with Crippen LogP contribution in [0, 0.1) is 0 Å². The van der Waals surface area contributed by atoms with Crippen LogP contribution in [0.4, 0.5) is 0 Å². The van der Waals surface area contributed by atoms with Crippen molar-refractivity contribution in [1.29, 1.82) is 0 Å². The van der Waals surface area contributed by atoms with Gasteiger partial charge in [-0.05, 0) is 25.1 Å². The maximum atomic E-state index is 6.01. The van der Waals surface area contributed by atoms with Crippen LogP contribution in [0.2, 0.25) is 4.34 Å². The van der Waals surface area contributed by atoms with Gasteiger partial charge in [-0.2, -0.15) is 0 Å². The van der Waals surface area contributed by atoms with Crippen molar-refractivity contribution in [3.05, 3.63) is 56.9 Å². The third-order valence-electron chi connectivity index (χ3n) is 3.71. The molecule has 0 spiro atoms. The lowest BCUT2D eigenvalue weighted by atomic mass is 10.1. The zero-order valence-corrected chi connectivity index (χ0v) is 13.7. The maximum Gasteiger partial charge on any atom is 0.134 e. The predicted octanol–water partition coefficient (Wildman–Crippen LogP) is 5.56. The van der Waals surface area contributed by atoms with E-state index >= 15 is 0 Å².